The third-order valence-corrected chi connectivity index (χ3v) is 4.37. The van der Waals surface area contributed by atoms with Gasteiger partial charge >= 0.3 is 0 Å². The molecule has 0 unspecified atom stereocenters. The molecule has 0 saturated carbocycles. The van der Waals surface area contributed by atoms with E-state index < -0.39 is 0 Å². The molecule has 1 aromatic heterocycles. The Kier molecular flexibility index (Phi) is 3.92. The van der Waals surface area contributed by atoms with Crippen LogP contribution in [0.1, 0.15) is 29.2 Å². The largest absolute Gasteiger partial charge is 0.351 e. The summed E-state index contributed by atoms with van der Waals surface area (Å²) in [5.74, 6) is 0.136. The summed E-state index contributed by atoms with van der Waals surface area (Å²) in [6, 6.07) is 12.2. The highest BCUT2D eigenvalue weighted by atomic mass is 79.9. The molecule has 0 aliphatic carbocycles. The smallest absolute Gasteiger partial charge is 0.253 e. The SMILES string of the molecule is O=C(c1cccc(Br)c1)N1CCC(n2cccc2)CC1. The quantitative estimate of drug-likeness (QED) is 0.822. The maximum absolute atomic E-state index is 12.4. The van der Waals surface area contributed by atoms with Crippen molar-refractivity contribution >= 4 is 21.8 Å². The summed E-state index contributed by atoms with van der Waals surface area (Å²) < 4.78 is 3.20. The zero-order valence-corrected chi connectivity index (χ0v) is 12.8. The second kappa shape index (κ2) is 5.83. The van der Waals surface area contributed by atoms with E-state index in [0.29, 0.717) is 6.04 Å². The van der Waals surface area contributed by atoms with Gasteiger partial charge in [-0.05, 0) is 43.2 Å². The first kappa shape index (κ1) is 13.4. The molecule has 1 amide bonds. The minimum Gasteiger partial charge on any atom is -0.351 e. The van der Waals surface area contributed by atoms with E-state index in [1.54, 1.807) is 0 Å². The van der Waals surface area contributed by atoms with E-state index in [1.165, 1.54) is 0 Å². The molecule has 1 aliphatic rings. The number of hydrogen-bond donors (Lipinski definition) is 0. The fourth-order valence-electron chi connectivity index (χ4n) is 2.76. The highest BCUT2D eigenvalue weighted by Crippen LogP contribution is 2.24. The summed E-state index contributed by atoms with van der Waals surface area (Å²) in [6.07, 6.45) is 6.26. The summed E-state index contributed by atoms with van der Waals surface area (Å²) in [4.78, 5) is 14.4. The van der Waals surface area contributed by atoms with Crippen molar-refractivity contribution in [1.82, 2.24) is 9.47 Å². The Balaban J connectivity index is 1.65. The molecule has 0 radical (unpaired) electrons. The Morgan fingerprint density at radius 2 is 1.80 bits per heavy atom. The molecule has 1 aromatic carbocycles. The number of amides is 1. The fraction of sp³-hybridized carbons (Fsp3) is 0.312. The van der Waals surface area contributed by atoms with Gasteiger partial charge in [0.2, 0.25) is 0 Å². The molecule has 3 nitrogen and oxygen atoms in total. The molecule has 0 atom stereocenters. The van der Waals surface area contributed by atoms with Crippen molar-refractivity contribution in [2.24, 2.45) is 0 Å². The summed E-state index contributed by atoms with van der Waals surface area (Å²) in [5.41, 5.74) is 0.763. The van der Waals surface area contributed by atoms with Crippen LogP contribution in [-0.4, -0.2) is 28.5 Å². The highest BCUT2D eigenvalue weighted by Gasteiger charge is 2.24. The van der Waals surface area contributed by atoms with E-state index in [1.807, 2.05) is 29.2 Å². The van der Waals surface area contributed by atoms with E-state index in [4.69, 9.17) is 0 Å². The van der Waals surface area contributed by atoms with Gasteiger partial charge in [-0.15, -0.1) is 0 Å². The standard InChI is InChI=1S/C16H17BrN2O/c17-14-5-3-4-13(12-14)16(20)19-10-6-15(7-11-19)18-8-1-2-9-18/h1-5,8-9,12,15H,6-7,10-11H2. The lowest BCUT2D eigenvalue weighted by Crippen LogP contribution is -2.38. The molecule has 104 valence electrons. The molecule has 4 heteroatoms. The van der Waals surface area contributed by atoms with Gasteiger partial charge < -0.3 is 9.47 Å². The molecule has 0 spiro atoms. The van der Waals surface area contributed by atoms with Crippen LogP contribution in [-0.2, 0) is 0 Å². The minimum atomic E-state index is 0.136. The maximum atomic E-state index is 12.4. The van der Waals surface area contributed by atoms with Crippen LogP contribution >= 0.6 is 15.9 Å². The Labute approximate surface area is 127 Å². The fourth-order valence-corrected chi connectivity index (χ4v) is 3.16. The summed E-state index contributed by atoms with van der Waals surface area (Å²) in [6.45, 7) is 1.66. The van der Waals surface area contributed by atoms with E-state index >= 15 is 0 Å². The van der Waals surface area contributed by atoms with Gasteiger partial charge in [0.05, 0.1) is 0 Å². The number of hydrogen-bond acceptors (Lipinski definition) is 1. The lowest BCUT2D eigenvalue weighted by molar-refractivity contribution is 0.0694. The minimum absolute atomic E-state index is 0.136. The van der Waals surface area contributed by atoms with E-state index in [2.05, 4.69) is 45.0 Å². The van der Waals surface area contributed by atoms with E-state index in [0.717, 1.165) is 36.0 Å². The Morgan fingerprint density at radius 3 is 2.45 bits per heavy atom. The highest BCUT2D eigenvalue weighted by molar-refractivity contribution is 9.10. The monoisotopic (exact) mass is 332 g/mol. The van der Waals surface area contributed by atoms with Gasteiger partial charge in [0, 0.05) is 41.6 Å². The van der Waals surface area contributed by atoms with Crippen LogP contribution in [0.2, 0.25) is 0 Å². The third kappa shape index (κ3) is 2.80. The van der Waals surface area contributed by atoms with Crippen molar-refractivity contribution in [3.63, 3.8) is 0 Å². The molecule has 3 rings (SSSR count). The molecule has 0 N–H and O–H groups in total. The lowest BCUT2D eigenvalue weighted by Gasteiger charge is -2.32. The Morgan fingerprint density at radius 1 is 1.10 bits per heavy atom. The zero-order valence-electron chi connectivity index (χ0n) is 11.2. The van der Waals surface area contributed by atoms with Crippen LogP contribution in [0.5, 0.6) is 0 Å². The van der Waals surface area contributed by atoms with Gasteiger partial charge in [-0.1, -0.05) is 22.0 Å². The van der Waals surface area contributed by atoms with Crippen molar-refractivity contribution in [2.45, 2.75) is 18.9 Å². The first-order valence-electron chi connectivity index (χ1n) is 6.91. The van der Waals surface area contributed by atoms with E-state index in [-0.39, 0.29) is 5.91 Å². The van der Waals surface area contributed by atoms with Gasteiger partial charge in [0.25, 0.3) is 5.91 Å². The number of nitrogens with zero attached hydrogens (tertiary/aromatic N) is 2. The van der Waals surface area contributed by atoms with Gasteiger partial charge in [-0.2, -0.15) is 0 Å². The third-order valence-electron chi connectivity index (χ3n) is 3.87. The van der Waals surface area contributed by atoms with Crippen LogP contribution in [0.15, 0.2) is 53.3 Å². The number of piperidine rings is 1. The topological polar surface area (TPSA) is 25.2 Å². The summed E-state index contributed by atoms with van der Waals surface area (Å²) in [5, 5.41) is 0. The second-order valence-electron chi connectivity index (χ2n) is 5.16. The van der Waals surface area contributed by atoms with Crippen molar-refractivity contribution in [3.8, 4) is 0 Å². The number of carbonyl (C=O) groups is 1. The van der Waals surface area contributed by atoms with Crippen LogP contribution in [0.4, 0.5) is 0 Å². The summed E-state index contributed by atoms with van der Waals surface area (Å²) >= 11 is 3.42. The summed E-state index contributed by atoms with van der Waals surface area (Å²) in [7, 11) is 0. The lowest BCUT2D eigenvalue weighted by atomic mass is 10.0. The molecule has 2 heterocycles. The average Bonchev–Trinajstić information content (AvgIpc) is 3.01. The number of rotatable bonds is 2. The van der Waals surface area contributed by atoms with Crippen LogP contribution in [0.25, 0.3) is 0 Å². The van der Waals surface area contributed by atoms with Crippen LogP contribution in [0.3, 0.4) is 0 Å². The second-order valence-corrected chi connectivity index (χ2v) is 6.08. The molecule has 0 bridgehead atoms. The normalized spacial score (nSPS) is 16.4. The van der Waals surface area contributed by atoms with Crippen molar-refractivity contribution < 1.29 is 4.79 Å². The van der Waals surface area contributed by atoms with E-state index in [9.17, 15) is 4.79 Å². The number of aromatic nitrogens is 1. The molecule has 1 aliphatic heterocycles. The molecule has 1 fully saturated rings. The Bertz CT molecular complexity index is 586. The maximum Gasteiger partial charge on any atom is 0.253 e. The average molecular weight is 333 g/mol. The van der Waals surface area contributed by atoms with Crippen LogP contribution < -0.4 is 0 Å². The zero-order chi connectivity index (χ0) is 13.9. The predicted octanol–water partition coefficient (Wildman–Crippen LogP) is 3.73. The van der Waals surface area contributed by atoms with Crippen LogP contribution in [0, 0.1) is 0 Å². The molecule has 2 aromatic rings. The number of benzene rings is 1. The van der Waals surface area contributed by atoms with Crippen molar-refractivity contribution in [3.05, 3.63) is 58.8 Å². The number of halogens is 1. The van der Waals surface area contributed by atoms with Gasteiger partial charge in [-0.3, -0.25) is 4.79 Å². The number of carbonyl (C=O) groups excluding carboxylic acids is 1. The van der Waals surface area contributed by atoms with Crippen molar-refractivity contribution in [2.75, 3.05) is 13.1 Å². The molecule has 20 heavy (non-hydrogen) atoms. The molecule has 1 saturated heterocycles. The van der Waals surface area contributed by atoms with Gasteiger partial charge in [0.1, 0.15) is 0 Å². The van der Waals surface area contributed by atoms with Gasteiger partial charge in [0.15, 0.2) is 0 Å². The van der Waals surface area contributed by atoms with Crippen molar-refractivity contribution in [1.29, 1.82) is 0 Å². The first-order valence-corrected chi connectivity index (χ1v) is 7.70. The molecular formula is C16H17BrN2O. The number of likely N-dealkylation sites (tertiary alicyclic amines) is 1. The first-order chi connectivity index (χ1) is 9.74. The van der Waals surface area contributed by atoms with Gasteiger partial charge in [-0.25, -0.2) is 0 Å². The molecular weight excluding hydrogens is 316 g/mol. The predicted molar refractivity (Wildman–Crippen MR) is 82.7 cm³/mol. The Hall–Kier alpha value is -1.55.